The number of amidine groups is 1. The van der Waals surface area contributed by atoms with Crippen molar-refractivity contribution in [1.82, 2.24) is 20.0 Å². The summed E-state index contributed by atoms with van der Waals surface area (Å²) in [6.07, 6.45) is 2.70. The van der Waals surface area contributed by atoms with Gasteiger partial charge in [0, 0.05) is 51.5 Å². The number of fused-ring (bicyclic) bond motifs is 3. The van der Waals surface area contributed by atoms with Gasteiger partial charge in [0.15, 0.2) is 0 Å². The number of nitrogens with two attached hydrogens (primary N) is 1. The van der Waals surface area contributed by atoms with Crippen molar-refractivity contribution >= 4 is 29.0 Å². The van der Waals surface area contributed by atoms with Crippen molar-refractivity contribution < 1.29 is 9.59 Å². The molecule has 6 rings (SSSR count). The molecular weight excluding hydrogens is 635 g/mol. The zero-order chi connectivity index (χ0) is 36.8. The van der Waals surface area contributed by atoms with Crippen molar-refractivity contribution in [3.05, 3.63) is 106 Å². The topological polar surface area (TPSA) is 118 Å². The van der Waals surface area contributed by atoms with Crippen molar-refractivity contribution in [3.8, 4) is 6.07 Å². The maximum Gasteiger partial charge on any atom is 0.253 e. The molecule has 3 aliphatic rings. The summed E-state index contributed by atoms with van der Waals surface area (Å²) in [5.41, 5.74) is 15.1. The molecule has 2 unspecified atom stereocenters. The second-order valence-electron chi connectivity index (χ2n) is 15.2. The van der Waals surface area contributed by atoms with Crippen LogP contribution in [0.5, 0.6) is 0 Å². The molecule has 6 atom stereocenters. The molecule has 0 bridgehead atoms. The van der Waals surface area contributed by atoms with E-state index in [2.05, 4.69) is 56.1 Å². The summed E-state index contributed by atoms with van der Waals surface area (Å²) >= 11 is 0. The minimum Gasteiger partial charge on any atom is -0.386 e. The van der Waals surface area contributed by atoms with E-state index in [1.807, 2.05) is 67.2 Å². The summed E-state index contributed by atoms with van der Waals surface area (Å²) in [5.74, 6) is 1.21. The number of carbonyl (C=O) groups excluding carboxylic acids is 2. The van der Waals surface area contributed by atoms with E-state index in [0.717, 1.165) is 57.6 Å². The molecular formula is C42H51N7O2. The quantitative estimate of drug-likeness (QED) is 0.217. The third kappa shape index (κ3) is 6.65. The number of hydrogen-bond acceptors (Lipinski definition) is 6. The number of carbonyl (C=O) groups is 2. The fourth-order valence-electron chi connectivity index (χ4n) is 8.39. The molecule has 3 aromatic carbocycles. The van der Waals surface area contributed by atoms with Crippen molar-refractivity contribution in [2.24, 2.45) is 22.6 Å². The van der Waals surface area contributed by atoms with Crippen molar-refractivity contribution in [2.75, 3.05) is 34.7 Å². The fraction of sp³-hybridized carbons (Fsp3) is 0.429. The number of aliphatic imine (C=N–C) groups is 1. The van der Waals surface area contributed by atoms with Crippen LogP contribution in [-0.4, -0.2) is 85.2 Å². The zero-order valence-electron chi connectivity index (χ0n) is 31.0. The summed E-state index contributed by atoms with van der Waals surface area (Å²) in [6.45, 7) is 10.7. The van der Waals surface area contributed by atoms with E-state index in [1.54, 1.807) is 19.0 Å². The van der Waals surface area contributed by atoms with Gasteiger partial charge in [-0.25, -0.2) is 4.99 Å². The first kappa shape index (κ1) is 35.9. The summed E-state index contributed by atoms with van der Waals surface area (Å²) in [5, 5.41) is 13.3. The summed E-state index contributed by atoms with van der Waals surface area (Å²) in [6, 6.07) is 22.4. The molecule has 9 nitrogen and oxygen atoms in total. The average molecular weight is 686 g/mol. The van der Waals surface area contributed by atoms with Gasteiger partial charge < -0.3 is 25.8 Å². The van der Waals surface area contributed by atoms with Gasteiger partial charge in [0.05, 0.1) is 23.7 Å². The molecule has 9 heteroatoms. The van der Waals surface area contributed by atoms with E-state index in [9.17, 15) is 14.9 Å². The van der Waals surface area contributed by atoms with Crippen molar-refractivity contribution in [1.29, 1.82) is 5.26 Å². The highest BCUT2D eigenvalue weighted by Crippen LogP contribution is 2.53. The molecule has 1 saturated carbocycles. The Balaban J connectivity index is 1.47. The fourth-order valence-corrected chi connectivity index (χ4v) is 8.39. The van der Waals surface area contributed by atoms with Crippen LogP contribution in [0.1, 0.15) is 70.4 Å². The Morgan fingerprint density at radius 2 is 1.63 bits per heavy atom. The predicted molar refractivity (Wildman–Crippen MR) is 204 cm³/mol. The van der Waals surface area contributed by atoms with E-state index in [-0.39, 0.29) is 36.5 Å². The Morgan fingerprint density at radius 1 is 1.02 bits per heavy atom. The molecule has 1 aliphatic heterocycles. The van der Waals surface area contributed by atoms with Crippen LogP contribution in [-0.2, 0) is 23.1 Å². The molecule has 0 radical (unpaired) electrons. The average Bonchev–Trinajstić information content (AvgIpc) is 3.59. The highest BCUT2D eigenvalue weighted by molar-refractivity contribution is 5.99. The number of rotatable bonds is 10. The second-order valence-corrected chi connectivity index (χ2v) is 15.2. The van der Waals surface area contributed by atoms with Crippen molar-refractivity contribution in [2.45, 2.75) is 70.0 Å². The van der Waals surface area contributed by atoms with Crippen molar-refractivity contribution in [3.63, 3.8) is 0 Å². The normalized spacial score (nSPS) is 24.0. The first-order valence-electron chi connectivity index (χ1n) is 18.0. The van der Waals surface area contributed by atoms with E-state index in [0.29, 0.717) is 36.1 Å². The van der Waals surface area contributed by atoms with E-state index in [4.69, 9.17) is 10.7 Å². The monoisotopic (exact) mass is 685 g/mol. The molecule has 3 aromatic rings. The summed E-state index contributed by atoms with van der Waals surface area (Å²) < 4.78 is 0. The smallest absolute Gasteiger partial charge is 0.253 e. The van der Waals surface area contributed by atoms with Gasteiger partial charge in [0.1, 0.15) is 11.9 Å². The largest absolute Gasteiger partial charge is 0.386 e. The SMILES string of the molecule is C=C(c1ccc2c(c1)CCc1cc(C(=O)N(C)C)ccc1C2(C[C@H](C)NCC(=O)N1C(C#N)C[C@@H]2[C@H](C)[C@@H]21)C(N)=Nc1ccc(C)cc1)N(C)C. The molecule has 2 aliphatic carbocycles. The molecule has 0 aromatic heterocycles. The Labute approximate surface area is 302 Å². The predicted octanol–water partition coefficient (Wildman–Crippen LogP) is 5.43. The van der Waals surface area contributed by atoms with Gasteiger partial charge in [-0.05, 0) is 110 Å². The molecule has 1 heterocycles. The number of aryl methyl sites for hydroxylation is 3. The molecule has 266 valence electrons. The minimum atomic E-state index is -0.905. The number of hydrogen-bond donors (Lipinski definition) is 2. The summed E-state index contributed by atoms with van der Waals surface area (Å²) in [4.78, 5) is 37.4. The first-order chi connectivity index (χ1) is 24.3. The van der Waals surface area contributed by atoms with E-state index < -0.39 is 5.41 Å². The highest BCUT2D eigenvalue weighted by atomic mass is 16.2. The van der Waals surface area contributed by atoms with Gasteiger partial charge in [-0.3, -0.25) is 9.59 Å². The number of nitriles is 1. The highest BCUT2D eigenvalue weighted by Gasteiger charge is 2.60. The Morgan fingerprint density at radius 3 is 2.22 bits per heavy atom. The van der Waals surface area contributed by atoms with E-state index >= 15 is 0 Å². The number of piperidine rings is 1. The first-order valence-corrected chi connectivity index (χ1v) is 18.0. The van der Waals surface area contributed by atoms with E-state index in [1.165, 1.54) is 0 Å². The standard InChI is InChI=1S/C42H51N7O2/c1-25-9-15-33(16-10-25)46-41(44)42(22-26(2)45-24-38(50)49-34(23-43)21-35-27(3)39(35)49)36-17-13-29(28(4)47(5)6)19-30(36)11-12-31-20-32(14-18-37(31)42)40(51)48(7)8/h9-10,13-20,26-27,34-35,39,45H,4,11-12,21-22,24H2,1-3,5-8H3,(H2,44,46)/t26-,27-,34?,35+,39-,42?/m0/s1. The Kier molecular flexibility index (Phi) is 9.84. The second kappa shape index (κ2) is 14.0. The zero-order valence-corrected chi connectivity index (χ0v) is 31.0. The third-order valence-corrected chi connectivity index (χ3v) is 11.4. The number of likely N-dealkylation sites (tertiary alicyclic amines) is 1. The van der Waals surface area contributed by atoms with Crippen LogP contribution in [0.15, 0.2) is 72.2 Å². The van der Waals surface area contributed by atoms with Crippen LogP contribution in [0.4, 0.5) is 5.69 Å². The molecule has 1 saturated heterocycles. The number of nitrogens with zero attached hydrogens (tertiary/aromatic N) is 5. The van der Waals surface area contributed by atoms with Gasteiger partial charge in [0.2, 0.25) is 5.91 Å². The molecule has 51 heavy (non-hydrogen) atoms. The lowest BCUT2D eigenvalue weighted by molar-refractivity contribution is -0.131. The third-order valence-electron chi connectivity index (χ3n) is 11.4. The lowest BCUT2D eigenvalue weighted by Crippen LogP contribution is -2.50. The molecule has 2 fully saturated rings. The number of nitrogens with one attached hydrogen (secondary N) is 1. The molecule has 3 N–H and O–H groups in total. The molecule has 2 amide bonds. The van der Waals surface area contributed by atoms with Gasteiger partial charge in [-0.15, -0.1) is 0 Å². The number of benzene rings is 3. The van der Waals surface area contributed by atoms with Crippen LogP contribution in [0.2, 0.25) is 0 Å². The van der Waals surface area contributed by atoms with Crippen LogP contribution in [0.3, 0.4) is 0 Å². The van der Waals surface area contributed by atoms with Crippen LogP contribution in [0.25, 0.3) is 5.70 Å². The number of amides is 2. The van der Waals surface area contributed by atoms with Crippen LogP contribution < -0.4 is 11.1 Å². The van der Waals surface area contributed by atoms with Gasteiger partial charge in [0.25, 0.3) is 5.91 Å². The van der Waals surface area contributed by atoms with Crippen LogP contribution in [0, 0.1) is 30.1 Å². The maximum absolute atomic E-state index is 13.7. The molecule has 0 spiro atoms. The van der Waals surface area contributed by atoms with Gasteiger partial charge >= 0.3 is 0 Å². The van der Waals surface area contributed by atoms with Crippen LogP contribution >= 0.6 is 0 Å². The Bertz CT molecular complexity index is 1850. The minimum absolute atomic E-state index is 0.0408. The van der Waals surface area contributed by atoms with Gasteiger partial charge in [-0.2, -0.15) is 5.26 Å². The summed E-state index contributed by atoms with van der Waals surface area (Å²) in [7, 11) is 7.50. The van der Waals surface area contributed by atoms with Gasteiger partial charge in [-0.1, -0.05) is 49.4 Å². The Hall–Kier alpha value is -4.94. The maximum atomic E-state index is 13.7. The lowest BCUT2D eigenvalue weighted by atomic mass is 9.67. The lowest BCUT2D eigenvalue weighted by Gasteiger charge is -2.39.